The zero-order valence-electron chi connectivity index (χ0n) is 23.7. The molecule has 2 aromatic rings. The molecule has 2 aliphatic heterocycles. The van der Waals surface area contributed by atoms with Crippen molar-refractivity contribution >= 4 is 0 Å². The van der Waals surface area contributed by atoms with Crippen molar-refractivity contribution in [3.8, 4) is 0 Å². The summed E-state index contributed by atoms with van der Waals surface area (Å²) in [4.78, 5) is 0. The summed E-state index contributed by atoms with van der Waals surface area (Å²) >= 11 is 0. The molecule has 0 unspecified atom stereocenters. The van der Waals surface area contributed by atoms with E-state index in [2.05, 4.69) is 102 Å². The highest BCUT2D eigenvalue weighted by Crippen LogP contribution is 2.74. The van der Waals surface area contributed by atoms with Crippen LogP contribution in [0, 0.1) is 34.5 Å². The van der Waals surface area contributed by atoms with Crippen molar-refractivity contribution in [2.24, 2.45) is 34.5 Å². The fourth-order valence-electron chi connectivity index (χ4n) is 9.46. The standard InChI is InChI=1S/C34H42O4/c1-29(2)23-17-27-31(5,19-25(23)29)37-33(35-27,21-13-9-7-10-14-21)34(22-15-11-8-12-16-22)36-28-18-24-26(30(24,3)4)20-32(28,6)38-34/h7-16,23-28H,17-20H2,1-6H3/t23-,24-,25+,26+,27-,28-,31+,32+,33+,34+/m1/s1. The fourth-order valence-corrected chi connectivity index (χ4v) is 9.46. The van der Waals surface area contributed by atoms with Crippen LogP contribution < -0.4 is 0 Å². The summed E-state index contributed by atoms with van der Waals surface area (Å²) in [5.41, 5.74) is 1.86. The minimum absolute atomic E-state index is 0.0127. The van der Waals surface area contributed by atoms with Crippen molar-refractivity contribution < 1.29 is 18.9 Å². The van der Waals surface area contributed by atoms with Crippen LogP contribution in [0.25, 0.3) is 0 Å². The Hall–Kier alpha value is -1.72. The third-order valence-electron chi connectivity index (χ3n) is 12.2. The van der Waals surface area contributed by atoms with Gasteiger partial charge < -0.3 is 18.9 Å². The summed E-state index contributed by atoms with van der Waals surface area (Å²) in [6.45, 7) is 14.2. The van der Waals surface area contributed by atoms with E-state index >= 15 is 0 Å². The van der Waals surface area contributed by atoms with E-state index in [-0.39, 0.29) is 12.2 Å². The van der Waals surface area contributed by atoms with Crippen LogP contribution in [0.2, 0.25) is 0 Å². The summed E-state index contributed by atoms with van der Waals surface area (Å²) in [7, 11) is 0. The van der Waals surface area contributed by atoms with Gasteiger partial charge in [-0.05, 0) is 74.0 Å². The molecule has 0 N–H and O–H groups in total. The Morgan fingerprint density at radius 3 is 1.26 bits per heavy atom. The summed E-state index contributed by atoms with van der Waals surface area (Å²) in [6.07, 6.45) is 4.03. The van der Waals surface area contributed by atoms with Crippen molar-refractivity contribution in [1.29, 1.82) is 0 Å². The lowest BCUT2D eigenvalue weighted by Crippen LogP contribution is -2.53. The number of fused-ring (bicyclic) bond motifs is 4. The molecule has 10 atom stereocenters. The third-order valence-corrected chi connectivity index (χ3v) is 12.2. The minimum Gasteiger partial charge on any atom is -0.335 e. The molecule has 0 spiro atoms. The van der Waals surface area contributed by atoms with Crippen LogP contribution in [-0.2, 0) is 30.5 Å². The molecule has 0 amide bonds. The second-order valence-corrected chi connectivity index (χ2v) is 15.0. The van der Waals surface area contributed by atoms with Gasteiger partial charge in [0.25, 0.3) is 11.6 Å². The molecule has 2 aromatic carbocycles. The van der Waals surface area contributed by atoms with Gasteiger partial charge in [0.15, 0.2) is 0 Å². The van der Waals surface area contributed by atoms with Crippen molar-refractivity contribution in [3.63, 3.8) is 0 Å². The van der Waals surface area contributed by atoms with E-state index < -0.39 is 22.8 Å². The van der Waals surface area contributed by atoms with E-state index in [9.17, 15) is 0 Å². The smallest absolute Gasteiger partial charge is 0.257 e. The number of rotatable bonds is 3. The zero-order chi connectivity index (χ0) is 26.3. The topological polar surface area (TPSA) is 36.9 Å². The lowest BCUT2D eigenvalue weighted by Gasteiger charge is -2.45. The molecule has 4 nitrogen and oxygen atoms in total. The maximum absolute atomic E-state index is 7.42. The zero-order valence-corrected chi connectivity index (χ0v) is 23.7. The SMILES string of the molecule is CC1(C)[C@@H]2C[C@H]3O[C@](c4ccccc4)([C@@]4(c5ccccc5)O[C@@H]5C[C@@H]6[C@H](C[C@]5(C)O4)C6(C)C)O[C@@]3(C)C[C@@H]21. The van der Waals surface area contributed by atoms with Gasteiger partial charge in [-0.2, -0.15) is 0 Å². The van der Waals surface area contributed by atoms with E-state index in [0.29, 0.717) is 34.5 Å². The Morgan fingerprint density at radius 1 is 0.526 bits per heavy atom. The Bertz CT molecular complexity index is 1170. The van der Waals surface area contributed by atoms with E-state index in [4.69, 9.17) is 18.9 Å². The van der Waals surface area contributed by atoms with E-state index in [1.54, 1.807) is 0 Å². The van der Waals surface area contributed by atoms with Crippen molar-refractivity contribution in [2.45, 2.75) is 102 Å². The molecule has 2 saturated heterocycles. The normalized spacial score (nSPS) is 50.9. The molecule has 0 aromatic heterocycles. The maximum atomic E-state index is 7.42. The van der Waals surface area contributed by atoms with E-state index in [1.165, 1.54) is 0 Å². The van der Waals surface area contributed by atoms with Crippen LogP contribution in [0.15, 0.2) is 60.7 Å². The Labute approximate surface area is 227 Å². The molecule has 6 aliphatic rings. The van der Waals surface area contributed by atoms with Crippen LogP contribution in [-0.4, -0.2) is 23.4 Å². The average Bonchev–Trinajstić information content (AvgIpc) is 3.43. The fraction of sp³-hybridized carbons (Fsp3) is 0.647. The van der Waals surface area contributed by atoms with Gasteiger partial charge in [-0.15, -0.1) is 0 Å². The van der Waals surface area contributed by atoms with Crippen LogP contribution in [0.5, 0.6) is 0 Å². The highest BCUT2D eigenvalue weighted by atomic mass is 16.8. The minimum atomic E-state index is -1.20. The molecule has 4 aliphatic carbocycles. The summed E-state index contributed by atoms with van der Waals surface area (Å²) in [5, 5.41) is 0. The third kappa shape index (κ3) is 2.86. The first-order chi connectivity index (χ1) is 18.0. The molecular formula is C34H42O4. The van der Waals surface area contributed by atoms with Gasteiger partial charge in [-0.1, -0.05) is 88.4 Å². The van der Waals surface area contributed by atoms with Crippen molar-refractivity contribution in [3.05, 3.63) is 71.8 Å². The van der Waals surface area contributed by atoms with Crippen LogP contribution in [0.4, 0.5) is 0 Å². The lowest BCUT2D eigenvalue weighted by molar-refractivity contribution is -0.388. The largest absolute Gasteiger partial charge is 0.335 e. The monoisotopic (exact) mass is 514 g/mol. The molecular weight excluding hydrogens is 472 g/mol. The Kier molecular flexibility index (Phi) is 4.52. The first-order valence-corrected chi connectivity index (χ1v) is 14.8. The quantitative estimate of drug-likeness (QED) is 0.435. The molecule has 202 valence electrons. The van der Waals surface area contributed by atoms with Crippen molar-refractivity contribution in [2.75, 3.05) is 0 Å². The number of ether oxygens (including phenoxy) is 4. The van der Waals surface area contributed by atoms with Gasteiger partial charge in [0, 0.05) is 11.1 Å². The first-order valence-electron chi connectivity index (χ1n) is 14.8. The van der Waals surface area contributed by atoms with Gasteiger partial charge in [-0.25, -0.2) is 0 Å². The number of benzene rings is 2. The van der Waals surface area contributed by atoms with E-state index in [0.717, 1.165) is 36.8 Å². The predicted molar refractivity (Wildman–Crippen MR) is 145 cm³/mol. The maximum Gasteiger partial charge on any atom is 0.257 e. The second-order valence-electron chi connectivity index (χ2n) is 15.0. The Morgan fingerprint density at radius 2 is 0.895 bits per heavy atom. The summed E-state index contributed by atoms with van der Waals surface area (Å²) in [6, 6.07) is 21.0. The van der Waals surface area contributed by atoms with Crippen LogP contribution in [0.1, 0.15) is 78.4 Å². The molecule has 38 heavy (non-hydrogen) atoms. The molecule has 4 heteroatoms. The van der Waals surface area contributed by atoms with Gasteiger partial charge in [0.2, 0.25) is 0 Å². The average molecular weight is 515 g/mol. The highest BCUT2D eigenvalue weighted by Gasteiger charge is 2.78. The second kappa shape index (κ2) is 7.13. The summed E-state index contributed by atoms with van der Waals surface area (Å²) < 4.78 is 29.5. The van der Waals surface area contributed by atoms with Crippen LogP contribution in [0.3, 0.4) is 0 Å². The number of hydrogen-bond acceptors (Lipinski definition) is 4. The summed E-state index contributed by atoms with van der Waals surface area (Å²) in [5.74, 6) is 0.316. The van der Waals surface area contributed by atoms with Gasteiger partial charge in [0.1, 0.15) is 0 Å². The van der Waals surface area contributed by atoms with Crippen LogP contribution >= 0.6 is 0 Å². The molecule has 6 fully saturated rings. The lowest BCUT2D eigenvalue weighted by atomic mass is 9.84. The molecule has 8 rings (SSSR count). The van der Waals surface area contributed by atoms with E-state index in [1.807, 2.05) is 0 Å². The predicted octanol–water partition coefficient (Wildman–Crippen LogP) is 7.17. The highest BCUT2D eigenvalue weighted by molar-refractivity contribution is 5.35. The molecule has 4 saturated carbocycles. The first kappa shape index (κ1) is 24.1. The molecule has 0 bridgehead atoms. The Balaban J connectivity index is 1.28. The van der Waals surface area contributed by atoms with Gasteiger partial charge in [-0.3, -0.25) is 0 Å². The molecule has 2 heterocycles. The molecule has 0 radical (unpaired) electrons. The number of hydrogen-bond donors (Lipinski definition) is 0. The van der Waals surface area contributed by atoms with Gasteiger partial charge in [0.05, 0.1) is 23.4 Å². The van der Waals surface area contributed by atoms with Crippen molar-refractivity contribution in [1.82, 2.24) is 0 Å². The van der Waals surface area contributed by atoms with Gasteiger partial charge >= 0.3 is 0 Å².